The van der Waals surface area contributed by atoms with Gasteiger partial charge in [-0.3, -0.25) is 0 Å². The summed E-state index contributed by atoms with van der Waals surface area (Å²) in [6, 6.07) is -0.0796. The first-order valence-electron chi connectivity index (χ1n) is 6.98. The Labute approximate surface area is 110 Å². The maximum Gasteiger partial charge on any atom is 0.314 e. The Morgan fingerprint density at radius 1 is 1.39 bits per heavy atom. The molecule has 1 aliphatic heterocycles. The van der Waals surface area contributed by atoms with Crippen LogP contribution in [0.1, 0.15) is 33.1 Å². The Morgan fingerprint density at radius 2 is 2.06 bits per heavy atom. The summed E-state index contributed by atoms with van der Waals surface area (Å²) in [5.41, 5.74) is 5.96. The van der Waals surface area contributed by atoms with Gasteiger partial charge in [-0.15, -0.1) is 0 Å². The monoisotopic (exact) mass is 257 g/mol. The van der Waals surface area contributed by atoms with Crippen LogP contribution < -0.4 is 16.4 Å². The molecule has 2 atom stereocenters. The zero-order valence-corrected chi connectivity index (χ0v) is 11.6. The van der Waals surface area contributed by atoms with Crippen LogP contribution in [0, 0.1) is 11.8 Å². The highest BCUT2D eigenvalue weighted by Gasteiger charge is 2.15. The summed E-state index contributed by atoms with van der Waals surface area (Å²) in [4.78, 5) is 11.6. The van der Waals surface area contributed by atoms with Gasteiger partial charge >= 0.3 is 6.03 Å². The van der Waals surface area contributed by atoms with Gasteiger partial charge in [0, 0.05) is 32.3 Å². The maximum atomic E-state index is 11.6. The molecular formula is C13H27N3O2. The highest BCUT2D eigenvalue weighted by molar-refractivity contribution is 5.73. The number of carbonyl (C=O) groups excluding carboxylic acids is 1. The summed E-state index contributed by atoms with van der Waals surface area (Å²) in [5, 5.41) is 5.73. The summed E-state index contributed by atoms with van der Waals surface area (Å²) in [5.74, 6) is 0.980. The Balaban J connectivity index is 2.09. The molecule has 4 N–H and O–H groups in total. The maximum absolute atomic E-state index is 11.6. The number of ether oxygens (including phenoxy) is 1. The first kappa shape index (κ1) is 15.2. The van der Waals surface area contributed by atoms with Crippen molar-refractivity contribution in [1.82, 2.24) is 10.6 Å². The van der Waals surface area contributed by atoms with Gasteiger partial charge in [-0.2, -0.15) is 0 Å². The van der Waals surface area contributed by atoms with Crippen LogP contribution in [0.25, 0.3) is 0 Å². The highest BCUT2D eigenvalue weighted by Crippen LogP contribution is 2.12. The van der Waals surface area contributed by atoms with Gasteiger partial charge in [0.2, 0.25) is 0 Å². The van der Waals surface area contributed by atoms with E-state index in [9.17, 15) is 4.79 Å². The van der Waals surface area contributed by atoms with E-state index in [1.807, 2.05) is 0 Å². The zero-order chi connectivity index (χ0) is 13.4. The summed E-state index contributed by atoms with van der Waals surface area (Å²) < 4.78 is 5.28. The number of rotatable bonds is 6. The predicted molar refractivity (Wildman–Crippen MR) is 72.4 cm³/mol. The third kappa shape index (κ3) is 5.69. The number of nitrogens with one attached hydrogen (secondary N) is 2. The van der Waals surface area contributed by atoms with E-state index in [0.717, 1.165) is 39.0 Å². The van der Waals surface area contributed by atoms with E-state index in [0.29, 0.717) is 18.4 Å². The molecule has 1 heterocycles. The van der Waals surface area contributed by atoms with Crippen LogP contribution in [0.2, 0.25) is 0 Å². The lowest BCUT2D eigenvalue weighted by Crippen LogP contribution is -2.46. The summed E-state index contributed by atoms with van der Waals surface area (Å²) in [7, 11) is 0. The van der Waals surface area contributed by atoms with Crippen LogP contribution in [-0.2, 0) is 4.74 Å². The summed E-state index contributed by atoms with van der Waals surface area (Å²) in [6.07, 6.45) is 3.10. The Kier molecular flexibility index (Phi) is 7.05. The minimum Gasteiger partial charge on any atom is -0.381 e. The molecule has 0 spiro atoms. The van der Waals surface area contributed by atoms with E-state index in [-0.39, 0.29) is 12.1 Å². The second-order valence-electron chi connectivity index (χ2n) is 5.20. The molecule has 18 heavy (non-hydrogen) atoms. The third-order valence-electron chi connectivity index (χ3n) is 3.77. The molecular weight excluding hydrogens is 230 g/mol. The van der Waals surface area contributed by atoms with E-state index >= 15 is 0 Å². The zero-order valence-electron chi connectivity index (χ0n) is 11.6. The lowest BCUT2D eigenvalue weighted by atomic mass is 10.00. The van der Waals surface area contributed by atoms with Crippen molar-refractivity contribution in [2.75, 3.05) is 26.3 Å². The fourth-order valence-corrected chi connectivity index (χ4v) is 1.96. The second kappa shape index (κ2) is 8.32. The summed E-state index contributed by atoms with van der Waals surface area (Å²) >= 11 is 0. The van der Waals surface area contributed by atoms with Crippen LogP contribution >= 0.6 is 0 Å². The van der Waals surface area contributed by atoms with Crippen LogP contribution in [0.4, 0.5) is 4.79 Å². The van der Waals surface area contributed by atoms with Gasteiger partial charge in [0.25, 0.3) is 0 Å². The largest absolute Gasteiger partial charge is 0.381 e. The Morgan fingerprint density at radius 3 is 2.67 bits per heavy atom. The standard InChI is InChI=1S/C13H27N3O2/c1-3-10(2)12(14)9-16-13(17)15-8-11-4-6-18-7-5-11/h10-12H,3-9,14H2,1-2H3,(H2,15,16,17)/t10?,12-/m1/s1. The van der Waals surface area contributed by atoms with E-state index in [4.69, 9.17) is 10.5 Å². The van der Waals surface area contributed by atoms with Gasteiger partial charge in [0.05, 0.1) is 0 Å². The molecule has 106 valence electrons. The molecule has 1 fully saturated rings. The second-order valence-corrected chi connectivity index (χ2v) is 5.20. The van der Waals surface area contributed by atoms with Gasteiger partial charge < -0.3 is 21.1 Å². The van der Waals surface area contributed by atoms with E-state index in [1.54, 1.807) is 0 Å². The van der Waals surface area contributed by atoms with Gasteiger partial charge in [0.1, 0.15) is 0 Å². The lowest BCUT2D eigenvalue weighted by molar-refractivity contribution is 0.0669. The van der Waals surface area contributed by atoms with Crippen molar-refractivity contribution in [3.63, 3.8) is 0 Å². The topological polar surface area (TPSA) is 76.4 Å². The molecule has 0 aliphatic carbocycles. The third-order valence-corrected chi connectivity index (χ3v) is 3.77. The average molecular weight is 257 g/mol. The van der Waals surface area contributed by atoms with Crippen molar-refractivity contribution < 1.29 is 9.53 Å². The Hall–Kier alpha value is -0.810. The van der Waals surface area contributed by atoms with Crippen LogP contribution in [-0.4, -0.2) is 38.4 Å². The number of urea groups is 1. The molecule has 1 saturated heterocycles. The fourth-order valence-electron chi connectivity index (χ4n) is 1.96. The van der Waals surface area contributed by atoms with Gasteiger partial charge in [-0.25, -0.2) is 4.79 Å². The number of amides is 2. The van der Waals surface area contributed by atoms with E-state index < -0.39 is 0 Å². The molecule has 2 amide bonds. The average Bonchev–Trinajstić information content (AvgIpc) is 2.42. The molecule has 1 aliphatic rings. The summed E-state index contributed by atoms with van der Waals surface area (Å²) in [6.45, 7) is 7.10. The van der Waals surface area contributed by atoms with Crippen molar-refractivity contribution >= 4 is 6.03 Å². The SMILES string of the molecule is CCC(C)[C@H](N)CNC(=O)NCC1CCOCC1. The number of nitrogens with two attached hydrogens (primary N) is 1. The van der Waals surface area contributed by atoms with Crippen molar-refractivity contribution in [2.24, 2.45) is 17.6 Å². The fraction of sp³-hybridized carbons (Fsp3) is 0.923. The molecule has 1 unspecified atom stereocenters. The van der Waals surface area contributed by atoms with E-state index in [2.05, 4.69) is 24.5 Å². The molecule has 0 aromatic carbocycles. The number of carbonyl (C=O) groups is 1. The Bertz CT molecular complexity index is 234. The van der Waals surface area contributed by atoms with Crippen molar-refractivity contribution in [2.45, 2.75) is 39.2 Å². The molecule has 5 heteroatoms. The molecule has 0 bridgehead atoms. The quantitative estimate of drug-likeness (QED) is 0.666. The highest BCUT2D eigenvalue weighted by atomic mass is 16.5. The minimum absolute atomic E-state index is 0.0313. The normalized spacial score (nSPS) is 20.2. The van der Waals surface area contributed by atoms with E-state index in [1.165, 1.54) is 0 Å². The number of hydrogen-bond acceptors (Lipinski definition) is 3. The van der Waals surface area contributed by atoms with Crippen molar-refractivity contribution in [1.29, 1.82) is 0 Å². The molecule has 0 aromatic heterocycles. The van der Waals surface area contributed by atoms with Crippen LogP contribution in [0.15, 0.2) is 0 Å². The van der Waals surface area contributed by atoms with Crippen LogP contribution in [0.5, 0.6) is 0 Å². The molecule has 0 saturated carbocycles. The molecule has 0 radical (unpaired) electrons. The smallest absolute Gasteiger partial charge is 0.314 e. The predicted octanol–water partition coefficient (Wildman–Crippen LogP) is 1.09. The van der Waals surface area contributed by atoms with Crippen molar-refractivity contribution in [3.05, 3.63) is 0 Å². The first-order chi connectivity index (χ1) is 8.63. The van der Waals surface area contributed by atoms with Crippen LogP contribution in [0.3, 0.4) is 0 Å². The number of hydrogen-bond donors (Lipinski definition) is 3. The van der Waals surface area contributed by atoms with Gasteiger partial charge in [0.15, 0.2) is 0 Å². The molecule has 1 rings (SSSR count). The van der Waals surface area contributed by atoms with Gasteiger partial charge in [-0.1, -0.05) is 20.3 Å². The molecule has 5 nitrogen and oxygen atoms in total. The van der Waals surface area contributed by atoms with Crippen molar-refractivity contribution in [3.8, 4) is 0 Å². The van der Waals surface area contributed by atoms with Gasteiger partial charge in [-0.05, 0) is 24.7 Å². The minimum atomic E-state index is -0.111. The molecule has 0 aromatic rings. The lowest BCUT2D eigenvalue weighted by Gasteiger charge is -2.23. The first-order valence-corrected chi connectivity index (χ1v) is 6.98.